The topological polar surface area (TPSA) is 60.4 Å². The number of rotatable bonds is 3. The fourth-order valence-corrected chi connectivity index (χ4v) is 4.08. The van der Waals surface area contributed by atoms with Crippen molar-refractivity contribution in [2.24, 2.45) is 0 Å². The van der Waals surface area contributed by atoms with E-state index in [1.807, 2.05) is 31.2 Å². The maximum Gasteiger partial charge on any atom is 0.255 e. The Labute approximate surface area is 143 Å². The first-order chi connectivity index (χ1) is 11.5. The first kappa shape index (κ1) is 16.5. The summed E-state index contributed by atoms with van der Waals surface area (Å²) in [5.74, 6) is -1.92. The number of hydrogen-bond donors (Lipinski definition) is 0. The summed E-state index contributed by atoms with van der Waals surface area (Å²) in [7, 11) is 0. The minimum Gasteiger partial charge on any atom is -0.548 e. The van der Waals surface area contributed by atoms with Crippen LogP contribution >= 0.6 is 11.8 Å². The molecule has 1 fully saturated rings. The number of carbonyl (C=O) groups excluding carboxylic acids is 2. The molecule has 0 N–H and O–H groups in total. The molecule has 2 aromatic rings. The van der Waals surface area contributed by atoms with Crippen LogP contribution in [0.2, 0.25) is 0 Å². The maximum atomic E-state index is 13.1. The van der Waals surface area contributed by atoms with Crippen molar-refractivity contribution in [2.45, 2.75) is 18.3 Å². The highest BCUT2D eigenvalue weighted by atomic mass is 32.2. The summed E-state index contributed by atoms with van der Waals surface area (Å²) in [5.41, 5.74) is 2.18. The van der Waals surface area contributed by atoms with Crippen molar-refractivity contribution in [1.29, 1.82) is 0 Å². The lowest BCUT2D eigenvalue weighted by atomic mass is 10.1. The fraction of sp³-hybridized carbons (Fsp3) is 0.222. The third-order valence-electron chi connectivity index (χ3n) is 3.96. The van der Waals surface area contributed by atoms with Gasteiger partial charge in [0.25, 0.3) is 5.91 Å². The normalized spacial score (nSPS) is 20.2. The van der Waals surface area contributed by atoms with Gasteiger partial charge in [0.1, 0.15) is 11.2 Å². The summed E-state index contributed by atoms with van der Waals surface area (Å²) >= 11 is 1.38. The number of halogens is 1. The molecule has 1 aliphatic heterocycles. The summed E-state index contributed by atoms with van der Waals surface area (Å²) < 4.78 is 13.1. The molecule has 0 aromatic heterocycles. The largest absolute Gasteiger partial charge is 0.548 e. The summed E-state index contributed by atoms with van der Waals surface area (Å²) in [6, 6.07) is 11.7. The van der Waals surface area contributed by atoms with Gasteiger partial charge in [-0.05, 0) is 36.8 Å². The smallest absolute Gasteiger partial charge is 0.255 e. The van der Waals surface area contributed by atoms with E-state index in [0.29, 0.717) is 0 Å². The lowest BCUT2D eigenvalue weighted by molar-refractivity contribution is -0.310. The highest BCUT2D eigenvalue weighted by Crippen LogP contribution is 2.42. The molecule has 1 aliphatic rings. The van der Waals surface area contributed by atoms with Gasteiger partial charge in [-0.25, -0.2) is 4.39 Å². The van der Waals surface area contributed by atoms with Crippen LogP contribution in [0.15, 0.2) is 48.5 Å². The predicted molar refractivity (Wildman–Crippen MR) is 87.7 cm³/mol. The average molecular weight is 344 g/mol. The molecule has 2 unspecified atom stereocenters. The molecule has 0 saturated carbocycles. The molecule has 1 heterocycles. The van der Waals surface area contributed by atoms with Crippen molar-refractivity contribution in [3.05, 3.63) is 71.0 Å². The molecular formula is C18H15FNO3S-. The van der Waals surface area contributed by atoms with Crippen LogP contribution in [-0.4, -0.2) is 28.6 Å². The molecular weight excluding hydrogens is 329 g/mol. The minimum absolute atomic E-state index is 0.252. The Balaban J connectivity index is 1.97. The van der Waals surface area contributed by atoms with E-state index in [-0.39, 0.29) is 11.3 Å². The molecule has 4 nitrogen and oxygen atoms in total. The van der Waals surface area contributed by atoms with Crippen molar-refractivity contribution >= 4 is 23.6 Å². The second-order valence-corrected chi connectivity index (χ2v) is 6.76. The number of hydrogen-bond acceptors (Lipinski definition) is 4. The standard InChI is InChI=1S/C18H16FNO3S/c1-11-2-4-13(5-3-11)17-20(15(10-24-17)18(22)23)16(21)12-6-8-14(19)9-7-12/h2-9,15,17H,10H2,1H3,(H,22,23)/p-1. The van der Waals surface area contributed by atoms with Gasteiger partial charge >= 0.3 is 0 Å². The van der Waals surface area contributed by atoms with E-state index in [9.17, 15) is 19.1 Å². The van der Waals surface area contributed by atoms with E-state index in [1.165, 1.54) is 40.9 Å². The van der Waals surface area contributed by atoms with Crippen LogP contribution in [0.5, 0.6) is 0 Å². The fourth-order valence-electron chi connectivity index (χ4n) is 2.67. The molecule has 124 valence electrons. The van der Waals surface area contributed by atoms with Gasteiger partial charge in [0, 0.05) is 11.3 Å². The lowest BCUT2D eigenvalue weighted by Gasteiger charge is -2.30. The van der Waals surface area contributed by atoms with E-state index < -0.39 is 29.1 Å². The van der Waals surface area contributed by atoms with Gasteiger partial charge in [0.15, 0.2) is 0 Å². The van der Waals surface area contributed by atoms with Crippen LogP contribution in [0.3, 0.4) is 0 Å². The van der Waals surface area contributed by atoms with Crippen molar-refractivity contribution < 1.29 is 19.1 Å². The van der Waals surface area contributed by atoms with Gasteiger partial charge in [0.2, 0.25) is 0 Å². The van der Waals surface area contributed by atoms with Gasteiger partial charge in [-0.3, -0.25) is 4.79 Å². The number of carboxylic acid groups (broad SMARTS) is 1. The number of thioether (sulfide) groups is 1. The molecule has 3 rings (SSSR count). The molecule has 0 radical (unpaired) electrons. The third-order valence-corrected chi connectivity index (χ3v) is 5.28. The van der Waals surface area contributed by atoms with Crippen molar-refractivity contribution in [1.82, 2.24) is 4.90 Å². The Hall–Kier alpha value is -2.34. The van der Waals surface area contributed by atoms with Crippen LogP contribution < -0.4 is 5.11 Å². The van der Waals surface area contributed by atoms with Crippen molar-refractivity contribution in [2.75, 3.05) is 5.75 Å². The number of aliphatic carboxylic acids is 1. The molecule has 1 saturated heterocycles. The zero-order valence-electron chi connectivity index (χ0n) is 12.9. The summed E-state index contributed by atoms with van der Waals surface area (Å²) in [6.45, 7) is 1.96. The number of nitrogens with zero attached hydrogens (tertiary/aromatic N) is 1. The summed E-state index contributed by atoms with van der Waals surface area (Å²) in [5, 5.41) is 11.0. The summed E-state index contributed by atoms with van der Waals surface area (Å²) in [6.07, 6.45) is 0. The van der Waals surface area contributed by atoms with Gasteiger partial charge in [-0.15, -0.1) is 11.8 Å². The van der Waals surface area contributed by atoms with E-state index in [2.05, 4.69) is 0 Å². The van der Waals surface area contributed by atoms with Gasteiger partial charge in [-0.1, -0.05) is 29.8 Å². The average Bonchev–Trinajstić information content (AvgIpc) is 3.01. The second-order valence-electron chi connectivity index (χ2n) is 5.65. The van der Waals surface area contributed by atoms with Crippen LogP contribution in [-0.2, 0) is 4.79 Å². The van der Waals surface area contributed by atoms with E-state index >= 15 is 0 Å². The minimum atomic E-state index is -1.28. The van der Waals surface area contributed by atoms with Crippen LogP contribution in [0.4, 0.5) is 4.39 Å². The Bertz CT molecular complexity index is 761. The third kappa shape index (κ3) is 3.14. The molecule has 1 amide bonds. The van der Waals surface area contributed by atoms with Crippen LogP contribution in [0, 0.1) is 12.7 Å². The Morgan fingerprint density at radius 3 is 2.33 bits per heavy atom. The van der Waals surface area contributed by atoms with E-state index in [1.54, 1.807) is 0 Å². The zero-order valence-corrected chi connectivity index (χ0v) is 13.8. The molecule has 0 bridgehead atoms. The molecule has 2 atom stereocenters. The zero-order chi connectivity index (χ0) is 17.3. The quantitative estimate of drug-likeness (QED) is 0.856. The highest BCUT2D eigenvalue weighted by molar-refractivity contribution is 7.99. The molecule has 6 heteroatoms. The van der Waals surface area contributed by atoms with Crippen molar-refractivity contribution in [3.63, 3.8) is 0 Å². The first-order valence-electron chi connectivity index (χ1n) is 7.44. The maximum absolute atomic E-state index is 13.1. The van der Waals surface area contributed by atoms with Crippen LogP contribution in [0.1, 0.15) is 26.9 Å². The van der Waals surface area contributed by atoms with E-state index in [4.69, 9.17) is 0 Å². The molecule has 0 spiro atoms. The van der Waals surface area contributed by atoms with Gasteiger partial charge in [0.05, 0.1) is 12.0 Å². The highest BCUT2D eigenvalue weighted by Gasteiger charge is 2.39. The molecule has 0 aliphatic carbocycles. The number of carboxylic acids is 1. The first-order valence-corrected chi connectivity index (χ1v) is 8.49. The number of aryl methyl sites for hydroxylation is 1. The number of carbonyl (C=O) groups is 2. The number of amides is 1. The summed E-state index contributed by atoms with van der Waals surface area (Å²) in [4.78, 5) is 25.6. The van der Waals surface area contributed by atoms with E-state index in [0.717, 1.165) is 11.1 Å². The molecule has 24 heavy (non-hydrogen) atoms. The van der Waals surface area contributed by atoms with Gasteiger partial charge in [-0.2, -0.15) is 0 Å². The Morgan fingerprint density at radius 2 is 1.75 bits per heavy atom. The number of benzene rings is 2. The van der Waals surface area contributed by atoms with Crippen molar-refractivity contribution in [3.8, 4) is 0 Å². The predicted octanol–water partition coefficient (Wildman–Crippen LogP) is 2.14. The van der Waals surface area contributed by atoms with Crippen LogP contribution in [0.25, 0.3) is 0 Å². The monoisotopic (exact) mass is 344 g/mol. The Kier molecular flexibility index (Phi) is 4.57. The Morgan fingerprint density at radius 1 is 1.12 bits per heavy atom. The lowest BCUT2D eigenvalue weighted by Crippen LogP contribution is -2.49. The SMILES string of the molecule is Cc1ccc(C2SCC(C(=O)[O-])N2C(=O)c2ccc(F)cc2)cc1. The second kappa shape index (κ2) is 6.65. The van der Waals surface area contributed by atoms with Gasteiger partial charge < -0.3 is 14.8 Å². The molecule has 2 aromatic carbocycles.